The number of aliphatic carboxylic acids is 1. The summed E-state index contributed by atoms with van der Waals surface area (Å²) in [5.74, 6) is -4.49. The largest absolute Gasteiger partial charge is 0.480 e. The first-order chi connectivity index (χ1) is 27.9. The van der Waals surface area contributed by atoms with Crippen LogP contribution in [0.5, 0.6) is 0 Å². The molecule has 16 nitrogen and oxygen atoms in total. The van der Waals surface area contributed by atoms with E-state index >= 15 is 0 Å². The van der Waals surface area contributed by atoms with Crippen molar-refractivity contribution in [1.82, 2.24) is 31.1 Å². The Hall–Kier alpha value is -4.45. The van der Waals surface area contributed by atoms with Crippen molar-refractivity contribution in [3.8, 4) is 0 Å². The normalized spacial score (nSPS) is 20.3. The molecule has 3 rings (SSSR count). The highest BCUT2D eigenvalue weighted by molar-refractivity contribution is 7.80. The molecular weight excluding hydrogens is 779 g/mol. The van der Waals surface area contributed by atoms with Crippen LogP contribution in [0.4, 0.5) is 0 Å². The second-order valence-electron chi connectivity index (χ2n) is 16.2. The van der Waals surface area contributed by atoms with Gasteiger partial charge in [0.2, 0.25) is 29.5 Å². The standard InChI is InChI=1S/C42H65N7O9S/c1-8-25(4)33(43)37(53)45-30(24-58-42(6,7)10-3)36(52)44-28(22-27-16-12-11-13-17-27)39(54)48-20-14-18-31(48)38(59)46-29(23-50)35(51)47-34(26(5)9-2)40(55)49-21-15-19-32(49)41(56)57/h10-13,16-17,25-26,28-34,50H,3,8-9,14-15,18-24,43H2,1-2,4-7H3,(H,44,52)(H,45,53)(H,46,59)(H,47,51)(H,56,57)/t25-,26-,28-,29-,30-,31-,32-,33-,34-/m0/s1. The van der Waals surface area contributed by atoms with Crippen molar-refractivity contribution >= 4 is 52.7 Å². The molecule has 0 spiro atoms. The lowest BCUT2D eigenvalue weighted by Crippen LogP contribution is -2.61. The van der Waals surface area contributed by atoms with E-state index in [1.807, 2.05) is 51.1 Å². The summed E-state index contributed by atoms with van der Waals surface area (Å²) in [6, 6.07) is 1.88. The van der Waals surface area contributed by atoms with E-state index in [0.717, 1.165) is 5.56 Å². The first kappa shape index (κ1) is 48.9. The number of aliphatic hydroxyl groups excluding tert-OH is 1. The third-order valence-corrected chi connectivity index (χ3v) is 11.8. The SMILES string of the molecule is C=CC(C)(C)OC[C@H](NC(=O)[C@@H](N)[C@@H](C)CC)C(=O)N[C@@H](Cc1ccccc1)C(=O)N1CCC[C@H]1C(=S)N[C@@H](CO)C(=O)N[C@H](C(=O)N1CCC[C@H]1C(=O)O)[C@@H](C)CC. The van der Waals surface area contributed by atoms with Crippen molar-refractivity contribution in [2.24, 2.45) is 17.6 Å². The number of ether oxygens (including phenoxy) is 1. The highest BCUT2D eigenvalue weighted by Crippen LogP contribution is 2.23. The summed E-state index contributed by atoms with van der Waals surface area (Å²) in [6.45, 7) is 14.3. The van der Waals surface area contributed by atoms with E-state index < -0.39 is 90.0 Å². The van der Waals surface area contributed by atoms with Crippen molar-refractivity contribution in [1.29, 1.82) is 0 Å². The topological polar surface area (TPSA) is 233 Å². The number of nitrogens with one attached hydrogen (secondary N) is 4. The second kappa shape index (κ2) is 22.8. The molecule has 2 aliphatic heterocycles. The second-order valence-corrected chi connectivity index (χ2v) is 16.6. The van der Waals surface area contributed by atoms with Gasteiger partial charge in [0.15, 0.2) is 0 Å². The van der Waals surface area contributed by atoms with E-state index in [4.69, 9.17) is 22.7 Å². The van der Waals surface area contributed by atoms with Crippen LogP contribution in [0.1, 0.15) is 85.6 Å². The first-order valence-electron chi connectivity index (χ1n) is 20.6. The molecule has 0 unspecified atom stereocenters. The lowest BCUT2D eigenvalue weighted by atomic mass is 9.97. The summed E-state index contributed by atoms with van der Waals surface area (Å²) >= 11 is 5.76. The number of likely N-dealkylation sites (tertiary alicyclic amines) is 2. The Balaban J connectivity index is 1.84. The van der Waals surface area contributed by atoms with E-state index in [2.05, 4.69) is 27.8 Å². The third-order valence-electron chi connectivity index (χ3n) is 11.5. The minimum atomic E-state index is -1.29. The van der Waals surface area contributed by atoms with E-state index in [-0.39, 0.29) is 42.9 Å². The van der Waals surface area contributed by atoms with Gasteiger partial charge in [0.05, 0.1) is 35.9 Å². The summed E-state index contributed by atoms with van der Waals surface area (Å²) in [6.07, 6.45) is 4.66. The highest BCUT2D eigenvalue weighted by Gasteiger charge is 2.41. The molecule has 59 heavy (non-hydrogen) atoms. The zero-order chi connectivity index (χ0) is 44.0. The molecule has 0 saturated carbocycles. The zero-order valence-corrected chi connectivity index (χ0v) is 36.1. The Morgan fingerprint density at radius 3 is 1.98 bits per heavy atom. The van der Waals surface area contributed by atoms with Crippen LogP contribution in [0.15, 0.2) is 43.0 Å². The van der Waals surface area contributed by atoms with E-state index in [9.17, 15) is 39.0 Å². The fourth-order valence-corrected chi connectivity index (χ4v) is 7.40. The van der Waals surface area contributed by atoms with Crippen LogP contribution < -0.4 is 27.0 Å². The molecule has 328 valence electrons. The number of amides is 5. The maximum absolute atomic E-state index is 14.5. The summed E-state index contributed by atoms with van der Waals surface area (Å²) < 4.78 is 5.95. The van der Waals surface area contributed by atoms with Crippen LogP contribution >= 0.6 is 12.2 Å². The third kappa shape index (κ3) is 13.5. The van der Waals surface area contributed by atoms with Crippen LogP contribution in [0.25, 0.3) is 0 Å². The van der Waals surface area contributed by atoms with Gasteiger partial charge in [-0.2, -0.15) is 0 Å². The molecule has 0 aliphatic carbocycles. The smallest absolute Gasteiger partial charge is 0.326 e. The van der Waals surface area contributed by atoms with Gasteiger partial charge in [-0.05, 0) is 56.9 Å². The molecular formula is C42H65N7O9S. The number of thiocarbonyl (C=S) groups is 1. The number of carbonyl (C=O) groups excluding carboxylic acids is 5. The van der Waals surface area contributed by atoms with Crippen LogP contribution in [0.3, 0.4) is 0 Å². The fraction of sp³-hybridized carbons (Fsp3) is 0.643. The van der Waals surface area contributed by atoms with Gasteiger partial charge < -0.3 is 51.8 Å². The lowest BCUT2D eigenvalue weighted by Gasteiger charge is -2.33. The average molecular weight is 844 g/mol. The Morgan fingerprint density at radius 2 is 1.42 bits per heavy atom. The molecule has 17 heteroatoms. The van der Waals surface area contributed by atoms with E-state index in [1.165, 1.54) is 9.80 Å². The molecule has 8 N–H and O–H groups in total. The molecule has 1 aromatic rings. The summed E-state index contributed by atoms with van der Waals surface area (Å²) in [5.41, 5.74) is 6.14. The molecule has 0 radical (unpaired) electrons. The van der Waals surface area contributed by atoms with Crippen molar-refractivity contribution in [2.75, 3.05) is 26.3 Å². The number of carbonyl (C=O) groups is 6. The van der Waals surface area contributed by atoms with Crippen molar-refractivity contribution < 1.29 is 43.7 Å². The van der Waals surface area contributed by atoms with E-state index in [1.54, 1.807) is 26.8 Å². The van der Waals surface area contributed by atoms with Gasteiger partial charge in [0.25, 0.3) is 0 Å². The highest BCUT2D eigenvalue weighted by atomic mass is 32.1. The number of nitrogens with two attached hydrogens (primary N) is 1. The maximum Gasteiger partial charge on any atom is 0.326 e. The average Bonchev–Trinajstić information content (AvgIpc) is 3.93. The van der Waals surface area contributed by atoms with Crippen LogP contribution in [-0.4, -0.2) is 135 Å². The molecule has 0 bridgehead atoms. The molecule has 5 amide bonds. The van der Waals surface area contributed by atoms with Crippen LogP contribution in [0, 0.1) is 11.8 Å². The maximum atomic E-state index is 14.5. The monoisotopic (exact) mass is 843 g/mol. The number of carboxylic acids is 1. The van der Waals surface area contributed by atoms with Gasteiger partial charge in [-0.15, -0.1) is 6.58 Å². The van der Waals surface area contributed by atoms with Crippen molar-refractivity contribution in [2.45, 2.75) is 134 Å². The number of rotatable bonds is 22. The minimum Gasteiger partial charge on any atom is -0.480 e. The molecule has 0 aromatic heterocycles. The molecule has 2 heterocycles. The number of hydrogen-bond donors (Lipinski definition) is 7. The molecule has 2 aliphatic rings. The predicted molar refractivity (Wildman–Crippen MR) is 227 cm³/mol. The van der Waals surface area contributed by atoms with Gasteiger partial charge in [-0.3, -0.25) is 24.0 Å². The quantitative estimate of drug-likeness (QED) is 0.0650. The van der Waals surface area contributed by atoms with Gasteiger partial charge >= 0.3 is 5.97 Å². The molecule has 2 fully saturated rings. The summed E-state index contributed by atoms with van der Waals surface area (Å²) in [5, 5.41) is 31.2. The van der Waals surface area contributed by atoms with Gasteiger partial charge in [-0.1, -0.05) is 89.2 Å². The Bertz CT molecular complexity index is 1650. The van der Waals surface area contributed by atoms with Gasteiger partial charge in [-0.25, -0.2) is 4.79 Å². The zero-order valence-electron chi connectivity index (χ0n) is 35.3. The molecule has 1 aromatic carbocycles. The number of aliphatic hydroxyl groups is 1. The molecule has 9 atom stereocenters. The molecule has 2 saturated heterocycles. The lowest BCUT2D eigenvalue weighted by molar-refractivity contribution is -0.150. The van der Waals surface area contributed by atoms with Gasteiger partial charge in [0, 0.05) is 19.5 Å². The summed E-state index contributed by atoms with van der Waals surface area (Å²) in [4.78, 5) is 83.8. The van der Waals surface area contributed by atoms with Gasteiger partial charge in [0.1, 0.15) is 30.2 Å². The Morgan fingerprint density at radius 1 is 0.864 bits per heavy atom. The predicted octanol–water partition coefficient (Wildman–Crippen LogP) is 1.43. The number of nitrogens with zero attached hydrogens (tertiary/aromatic N) is 2. The minimum absolute atomic E-state index is 0.104. The number of carboxylic acid groups (broad SMARTS) is 1. The van der Waals surface area contributed by atoms with E-state index in [0.29, 0.717) is 38.5 Å². The number of benzene rings is 1. The van der Waals surface area contributed by atoms with Crippen LogP contribution in [-0.2, 0) is 39.9 Å². The Kier molecular flexibility index (Phi) is 18.9. The van der Waals surface area contributed by atoms with Crippen molar-refractivity contribution in [3.05, 3.63) is 48.6 Å². The Labute approximate surface area is 353 Å². The van der Waals surface area contributed by atoms with Crippen LogP contribution in [0.2, 0.25) is 0 Å². The summed E-state index contributed by atoms with van der Waals surface area (Å²) in [7, 11) is 0. The number of hydrogen-bond acceptors (Lipinski definition) is 10. The fourth-order valence-electron chi connectivity index (χ4n) is 7.01. The van der Waals surface area contributed by atoms with Crippen molar-refractivity contribution in [3.63, 3.8) is 0 Å². The first-order valence-corrected chi connectivity index (χ1v) is 21.0.